The van der Waals surface area contributed by atoms with Gasteiger partial charge in [-0.3, -0.25) is 4.79 Å². The molecule has 0 aliphatic heterocycles. The van der Waals surface area contributed by atoms with Crippen LogP contribution in [0.15, 0.2) is 18.2 Å². The van der Waals surface area contributed by atoms with Crippen LogP contribution >= 0.6 is 0 Å². The van der Waals surface area contributed by atoms with Gasteiger partial charge in [0, 0.05) is 6.54 Å². The highest BCUT2D eigenvalue weighted by Crippen LogP contribution is 2.28. The number of carbonyl (C=O) groups is 1. The highest BCUT2D eigenvalue weighted by Gasteiger charge is 2.06. The molecule has 0 aromatic heterocycles. The molecule has 0 atom stereocenters. The van der Waals surface area contributed by atoms with Crippen LogP contribution in [0.25, 0.3) is 0 Å². The van der Waals surface area contributed by atoms with Gasteiger partial charge in [0.15, 0.2) is 11.5 Å². The van der Waals surface area contributed by atoms with Crippen molar-refractivity contribution in [1.82, 2.24) is 5.32 Å². The molecule has 5 nitrogen and oxygen atoms in total. The summed E-state index contributed by atoms with van der Waals surface area (Å²) < 4.78 is 10.9. The molecule has 0 bridgehead atoms. The van der Waals surface area contributed by atoms with Crippen molar-refractivity contribution < 1.29 is 14.3 Å². The van der Waals surface area contributed by atoms with Gasteiger partial charge in [-0.15, -0.1) is 0 Å². The number of nitrogens with two attached hydrogens (primary N) is 1. The highest BCUT2D eigenvalue weighted by atomic mass is 16.5. The Morgan fingerprint density at radius 3 is 2.79 bits per heavy atom. The quantitative estimate of drug-likeness (QED) is 0.698. The topological polar surface area (TPSA) is 73.6 Å². The Balaban J connectivity index is 2.64. The average molecular weight is 266 g/mol. The van der Waals surface area contributed by atoms with Crippen LogP contribution in [0.4, 0.5) is 0 Å². The fourth-order valence-corrected chi connectivity index (χ4v) is 1.54. The number of rotatable bonds is 8. The summed E-state index contributed by atoms with van der Waals surface area (Å²) in [6.45, 7) is 3.22. The Morgan fingerprint density at radius 1 is 1.37 bits per heavy atom. The number of ether oxygens (including phenoxy) is 2. The fraction of sp³-hybridized carbons (Fsp3) is 0.500. The summed E-state index contributed by atoms with van der Waals surface area (Å²) in [5.41, 5.74) is 6.17. The molecule has 0 heterocycles. The summed E-state index contributed by atoms with van der Waals surface area (Å²) in [5.74, 6) is 1.22. The van der Waals surface area contributed by atoms with Crippen molar-refractivity contribution in [3.63, 3.8) is 0 Å². The zero-order chi connectivity index (χ0) is 14.1. The van der Waals surface area contributed by atoms with Gasteiger partial charge >= 0.3 is 0 Å². The van der Waals surface area contributed by atoms with E-state index in [2.05, 4.69) is 12.2 Å². The Bertz CT molecular complexity index is 408. The van der Waals surface area contributed by atoms with Crippen LogP contribution in [0.1, 0.15) is 25.3 Å². The lowest BCUT2D eigenvalue weighted by Gasteiger charge is -2.12. The standard InChI is InChI=1S/C14H22N2O3/c1-3-4-7-19-12-6-5-11(8-13(12)18-2)10-16-14(17)9-15/h5-6,8H,3-4,7,9-10,15H2,1-2H3,(H,16,17). The van der Waals surface area contributed by atoms with Crippen molar-refractivity contribution in [2.75, 3.05) is 20.3 Å². The first-order valence-corrected chi connectivity index (χ1v) is 6.47. The lowest BCUT2D eigenvalue weighted by molar-refractivity contribution is -0.119. The minimum Gasteiger partial charge on any atom is -0.493 e. The lowest BCUT2D eigenvalue weighted by Crippen LogP contribution is -2.29. The maximum atomic E-state index is 11.1. The van der Waals surface area contributed by atoms with Crippen LogP contribution < -0.4 is 20.5 Å². The molecular weight excluding hydrogens is 244 g/mol. The number of unbranched alkanes of at least 4 members (excludes halogenated alkanes) is 1. The second-order valence-electron chi connectivity index (χ2n) is 4.17. The van der Waals surface area contributed by atoms with Crippen molar-refractivity contribution in [2.45, 2.75) is 26.3 Å². The summed E-state index contributed by atoms with van der Waals surface area (Å²) >= 11 is 0. The third-order valence-corrected chi connectivity index (χ3v) is 2.66. The Kier molecular flexibility index (Phi) is 6.74. The molecule has 0 aliphatic rings. The number of hydrogen-bond acceptors (Lipinski definition) is 4. The summed E-state index contributed by atoms with van der Waals surface area (Å²) in [6.07, 6.45) is 2.10. The van der Waals surface area contributed by atoms with Crippen molar-refractivity contribution in [1.29, 1.82) is 0 Å². The average Bonchev–Trinajstić information content (AvgIpc) is 2.45. The molecule has 0 unspecified atom stereocenters. The second kappa shape index (κ2) is 8.37. The Hall–Kier alpha value is -1.75. The SMILES string of the molecule is CCCCOc1ccc(CNC(=O)CN)cc1OC. The molecule has 106 valence electrons. The van der Waals surface area contributed by atoms with Gasteiger partial charge < -0.3 is 20.5 Å². The zero-order valence-electron chi connectivity index (χ0n) is 11.6. The molecule has 0 spiro atoms. The van der Waals surface area contributed by atoms with Gasteiger partial charge in [0.1, 0.15) is 0 Å². The minimum absolute atomic E-state index is 0.00462. The van der Waals surface area contributed by atoms with Crippen LogP contribution in [0.5, 0.6) is 11.5 Å². The van der Waals surface area contributed by atoms with E-state index in [1.165, 1.54) is 0 Å². The largest absolute Gasteiger partial charge is 0.493 e. The lowest BCUT2D eigenvalue weighted by atomic mass is 10.2. The number of hydrogen-bond donors (Lipinski definition) is 2. The number of amides is 1. The smallest absolute Gasteiger partial charge is 0.234 e. The number of methoxy groups -OCH3 is 1. The molecule has 0 saturated heterocycles. The van der Waals surface area contributed by atoms with Crippen LogP contribution in [-0.4, -0.2) is 26.2 Å². The molecule has 0 radical (unpaired) electrons. The van der Waals surface area contributed by atoms with E-state index in [1.807, 2.05) is 18.2 Å². The van der Waals surface area contributed by atoms with Gasteiger partial charge in [-0.2, -0.15) is 0 Å². The Labute approximate surface area is 114 Å². The zero-order valence-corrected chi connectivity index (χ0v) is 11.6. The van der Waals surface area contributed by atoms with Gasteiger partial charge in [-0.25, -0.2) is 0 Å². The summed E-state index contributed by atoms with van der Waals surface area (Å²) in [7, 11) is 1.60. The minimum atomic E-state index is -0.178. The third kappa shape index (κ3) is 5.18. The monoisotopic (exact) mass is 266 g/mol. The van der Waals surface area contributed by atoms with Crippen molar-refractivity contribution in [3.05, 3.63) is 23.8 Å². The Morgan fingerprint density at radius 2 is 2.16 bits per heavy atom. The highest BCUT2D eigenvalue weighted by molar-refractivity contribution is 5.77. The molecule has 1 aromatic rings. The van der Waals surface area contributed by atoms with Gasteiger partial charge in [-0.05, 0) is 24.1 Å². The molecule has 0 saturated carbocycles. The van der Waals surface area contributed by atoms with E-state index < -0.39 is 0 Å². The van der Waals surface area contributed by atoms with Crippen LogP contribution in [-0.2, 0) is 11.3 Å². The predicted octanol–water partition coefficient (Wildman–Crippen LogP) is 1.45. The van der Waals surface area contributed by atoms with E-state index in [4.69, 9.17) is 15.2 Å². The molecule has 0 fully saturated rings. The second-order valence-corrected chi connectivity index (χ2v) is 4.17. The van der Waals surface area contributed by atoms with Gasteiger partial charge in [-0.1, -0.05) is 19.4 Å². The van der Waals surface area contributed by atoms with Crippen molar-refractivity contribution >= 4 is 5.91 Å². The number of nitrogens with one attached hydrogen (secondary N) is 1. The van der Waals surface area contributed by atoms with Gasteiger partial charge in [0.25, 0.3) is 0 Å². The normalized spacial score (nSPS) is 10.1. The van der Waals surface area contributed by atoms with E-state index in [0.29, 0.717) is 18.9 Å². The summed E-state index contributed by atoms with van der Waals surface area (Å²) in [4.78, 5) is 11.1. The van der Waals surface area contributed by atoms with Gasteiger partial charge in [0.2, 0.25) is 5.91 Å². The van der Waals surface area contributed by atoms with Crippen molar-refractivity contribution in [2.24, 2.45) is 5.73 Å². The molecule has 19 heavy (non-hydrogen) atoms. The number of benzene rings is 1. The summed E-state index contributed by atoms with van der Waals surface area (Å²) in [5, 5.41) is 2.71. The van der Waals surface area contributed by atoms with Crippen LogP contribution in [0, 0.1) is 0 Å². The maximum absolute atomic E-state index is 11.1. The molecule has 1 amide bonds. The first-order valence-electron chi connectivity index (χ1n) is 6.47. The fourth-order valence-electron chi connectivity index (χ4n) is 1.54. The first kappa shape index (κ1) is 15.3. The number of carbonyl (C=O) groups excluding carboxylic acids is 1. The maximum Gasteiger partial charge on any atom is 0.234 e. The molecular formula is C14H22N2O3. The van der Waals surface area contributed by atoms with E-state index in [0.717, 1.165) is 24.2 Å². The van der Waals surface area contributed by atoms with Crippen LogP contribution in [0.3, 0.4) is 0 Å². The first-order chi connectivity index (χ1) is 9.21. The molecule has 1 aromatic carbocycles. The van der Waals surface area contributed by atoms with Crippen LogP contribution in [0.2, 0.25) is 0 Å². The summed E-state index contributed by atoms with van der Waals surface area (Å²) in [6, 6.07) is 5.62. The van der Waals surface area contributed by atoms with E-state index in [9.17, 15) is 4.79 Å². The van der Waals surface area contributed by atoms with Crippen molar-refractivity contribution in [3.8, 4) is 11.5 Å². The van der Waals surface area contributed by atoms with E-state index in [-0.39, 0.29) is 12.5 Å². The molecule has 0 aliphatic carbocycles. The molecule has 3 N–H and O–H groups in total. The van der Waals surface area contributed by atoms with E-state index in [1.54, 1.807) is 7.11 Å². The third-order valence-electron chi connectivity index (χ3n) is 2.66. The molecule has 5 heteroatoms. The molecule has 1 rings (SSSR count). The predicted molar refractivity (Wildman–Crippen MR) is 74.3 cm³/mol. The van der Waals surface area contributed by atoms with Gasteiger partial charge in [0.05, 0.1) is 20.3 Å². The van der Waals surface area contributed by atoms with E-state index >= 15 is 0 Å².